The third kappa shape index (κ3) is 7.59. The van der Waals surface area contributed by atoms with Gasteiger partial charge in [0.25, 0.3) is 0 Å². The second-order valence-corrected chi connectivity index (χ2v) is 2.35. The van der Waals surface area contributed by atoms with Crippen LogP contribution in [0.25, 0.3) is 0 Å². The molecule has 62 valence electrons. The van der Waals surface area contributed by atoms with Crippen molar-refractivity contribution in [1.82, 2.24) is 4.98 Å². The van der Waals surface area contributed by atoms with E-state index in [1.807, 2.05) is 40.0 Å². The van der Waals surface area contributed by atoms with Gasteiger partial charge in [0.15, 0.2) is 0 Å². The Morgan fingerprint density at radius 1 is 1.27 bits per heavy atom. The molecule has 0 atom stereocenters. The largest absolute Gasteiger partial charge is 0.258 e. The Morgan fingerprint density at radius 2 is 1.73 bits per heavy atom. The maximum atomic E-state index is 5.28. The van der Waals surface area contributed by atoms with Gasteiger partial charge in [0.2, 0.25) is 0 Å². The molecule has 0 spiro atoms. The van der Waals surface area contributed by atoms with Crippen molar-refractivity contribution in [2.24, 2.45) is 0 Å². The predicted molar refractivity (Wildman–Crippen MR) is 54.9 cm³/mol. The lowest BCUT2D eigenvalue weighted by Gasteiger charge is -1.71. The molecule has 0 bridgehead atoms. The zero-order valence-corrected chi connectivity index (χ0v) is 8.83. The van der Waals surface area contributed by atoms with Crippen LogP contribution < -0.4 is 5.59 Å². The second kappa shape index (κ2) is 9.69. The standard InChI is InChI=1S/C4H4BNS.2C2H6/c1-3-6-4(5)2-7-3;2*1-2/h2H,1H3;2*1-2H3. The molecule has 0 unspecified atom stereocenters. The molecule has 0 N–H and O–H groups in total. The molecule has 0 fully saturated rings. The summed E-state index contributed by atoms with van der Waals surface area (Å²) in [6.07, 6.45) is 0. The van der Waals surface area contributed by atoms with Gasteiger partial charge < -0.3 is 0 Å². The molecule has 0 amide bonds. The van der Waals surface area contributed by atoms with Crippen LogP contribution in [0.5, 0.6) is 0 Å². The zero-order valence-electron chi connectivity index (χ0n) is 8.01. The van der Waals surface area contributed by atoms with Crippen molar-refractivity contribution >= 4 is 24.8 Å². The van der Waals surface area contributed by atoms with Crippen molar-refractivity contribution in [3.05, 3.63) is 10.4 Å². The highest BCUT2D eigenvalue weighted by Crippen LogP contribution is 1.96. The molecule has 0 aliphatic heterocycles. The monoisotopic (exact) mass is 169 g/mol. The van der Waals surface area contributed by atoms with E-state index in [2.05, 4.69) is 4.98 Å². The van der Waals surface area contributed by atoms with Crippen molar-refractivity contribution in [3.8, 4) is 0 Å². The number of thiazole rings is 1. The summed E-state index contributed by atoms with van der Waals surface area (Å²) in [7, 11) is 5.28. The van der Waals surface area contributed by atoms with E-state index in [1.54, 1.807) is 11.3 Å². The van der Waals surface area contributed by atoms with E-state index < -0.39 is 0 Å². The molecular formula is C8H16BNS. The molecule has 1 rings (SSSR count). The van der Waals surface area contributed by atoms with Gasteiger partial charge in [-0.1, -0.05) is 27.7 Å². The van der Waals surface area contributed by atoms with Crippen molar-refractivity contribution in [2.75, 3.05) is 0 Å². The normalized spacial score (nSPS) is 7.00. The summed E-state index contributed by atoms with van der Waals surface area (Å²) >= 11 is 1.57. The molecule has 0 saturated heterocycles. The molecule has 3 heteroatoms. The highest BCUT2D eigenvalue weighted by molar-refractivity contribution is 7.10. The fraction of sp³-hybridized carbons (Fsp3) is 0.625. The Kier molecular flexibility index (Phi) is 11.7. The van der Waals surface area contributed by atoms with E-state index >= 15 is 0 Å². The lowest BCUT2D eigenvalue weighted by atomic mass is 10.1. The Hall–Kier alpha value is -0.305. The zero-order chi connectivity index (χ0) is 9.28. The van der Waals surface area contributed by atoms with E-state index in [9.17, 15) is 0 Å². The second-order valence-electron chi connectivity index (χ2n) is 1.29. The predicted octanol–water partition coefficient (Wildman–Crippen LogP) is 2.30. The first-order valence-electron chi connectivity index (χ1n) is 3.96. The lowest BCUT2D eigenvalue weighted by Crippen LogP contribution is -2.00. The van der Waals surface area contributed by atoms with Gasteiger partial charge in [0, 0.05) is 5.38 Å². The van der Waals surface area contributed by atoms with Crippen LogP contribution in [0.1, 0.15) is 32.7 Å². The molecular weight excluding hydrogens is 153 g/mol. The summed E-state index contributed by atoms with van der Waals surface area (Å²) in [6.45, 7) is 9.93. The van der Waals surface area contributed by atoms with Crippen LogP contribution in [0.15, 0.2) is 5.38 Å². The number of nitrogens with zero attached hydrogens (tertiary/aromatic N) is 1. The molecule has 1 aromatic rings. The third-order valence-corrected chi connectivity index (χ3v) is 1.43. The number of aryl methyl sites for hydroxylation is 1. The topological polar surface area (TPSA) is 12.9 Å². The average Bonchev–Trinajstić information content (AvgIpc) is 2.43. The summed E-state index contributed by atoms with van der Waals surface area (Å²) in [6, 6.07) is 0. The SMILES string of the molecule is CC.CC.[B]c1csc(C)n1. The lowest BCUT2D eigenvalue weighted by molar-refractivity contribution is 1.34. The molecule has 1 heterocycles. The highest BCUT2D eigenvalue weighted by atomic mass is 32.1. The first kappa shape index (κ1) is 13.3. The van der Waals surface area contributed by atoms with Crippen molar-refractivity contribution in [1.29, 1.82) is 0 Å². The first-order chi connectivity index (χ1) is 5.29. The van der Waals surface area contributed by atoms with Crippen LogP contribution in [0.3, 0.4) is 0 Å². The fourth-order valence-electron chi connectivity index (χ4n) is 0.380. The van der Waals surface area contributed by atoms with Crippen LogP contribution in [-0.4, -0.2) is 12.8 Å². The minimum atomic E-state index is 0.627. The van der Waals surface area contributed by atoms with Crippen molar-refractivity contribution < 1.29 is 0 Å². The van der Waals surface area contributed by atoms with Gasteiger partial charge in [-0.15, -0.1) is 11.3 Å². The van der Waals surface area contributed by atoms with E-state index in [0.29, 0.717) is 5.59 Å². The number of aromatic nitrogens is 1. The molecule has 0 aliphatic rings. The Labute approximate surface area is 75.3 Å². The van der Waals surface area contributed by atoms with Gasteiger partial charge in [0.05, 0.1) is 5.01 Å². The molecule has 0 aromatic carbocycles. The minimum Gasteiger partial charge on any atom is -0.258 e. The first-order valence-corrected chi connectivity index (χ1v) is 4.84. The summed E-state index contributed by atoms with van der Waals surface area (Å²) in [4.78, 5) is 3.91. The van der Waals surface area contributed by atoms with E-state index in [4.69, 9.17) is 7.85 Å². The maximum absolute atomic E-state index is 5.28. The van der Waals surface area contributed by atoms with Gasteiger partial charge in [-0.2, -0.15) is 0 Å². The summed E-state index contributed by atoms with van der Waals surface area (Å²) in [5, 5.41) is 2.85. The average molecular weight is 169 g/mol. The van der Waals surface area contributed by atoms with Crippen LogP contribution >= 0.6 is 11.3 Å². The third-order valence-electron chi connectivity index (χ3n) is 0.637. The highest BCUT2D eigenvalue weighted by Gasteiger charge is 1.85. The van der Waals surface area contributed by atoms with Crippen molar-refractivity contribution in [2.45, 2.75) is 34.6 Å². The fourth-order valence-corrected chi connectivity index (χ4v) is 0.882. The number of hydrogen-bond donors (Lipinski definition) is 0. The van der Waals surface area contributed by atoms with Crippen molar-refractivity contribution in [3.63, 3.8) is 0 Å². The van der Waals surface area contributed by atoms with Crippen LogP contribution in [0.2, 0.25) is 0 Å². The van der Waals surface area contributed by atoms with Gasteiger partial charge in [0.1, 0.15) is 7.85 Å². The van der Waals surface area contributed by atoms with Gasteiger partial charge >= 0.3 is 0 Å². The number of hydrogen-bond acceptors (Lipinski definition) is 2. The Morgan fingerprint density at radius 3 is 1.82 bits per heavy atom. The van der Waals surface area contributed by atoms with E-state index in [1.165, 1.54) is 0 Å². The van der Waals surface area contributed by atoms with Crippen LogP contribution in [-0.2, 0) is 0 Å². The summed E-state index contributed by atoms with van der Waals surface area (Å²) < 4.78 is 0. The summed E-state index contributed by atoms with van der Waals surface area (Å²) in [5.41, 5.74) is 0.627. The quantitative estimate of drug-likeness (QED) is 0.543. The molecule has 0 aliphatic carbocycles. The van der Waals surface area contributed by atoms with E-state index in [0.717, 1.165) is 5.01 Å². The van der Waals surface area contributed by atoms with Gasteiger partial charge in [-0.25, -0.2) is 0 Å². The smallest absolute Gasteiger partial charge is 0.142 e. The Bertz CT molecular complexity index is 146. The molecule has 2 radical (unpaired) electrons. The van der Waals surface area contributed by atoms with Crippen LogP contribution in [0.4, 0.5) is 0 Å². The maximum Gasteiger partial charge on any atom is 0.142 e. The van der Waals surface area contributed by atoms with Crippen LogP contribution in [0, 0.1) is 6.92 Å². The minimum absolute atomic E-state index is 0.627. The van der Waals surface area contributed by atoms with E-state index in [-0.39, 0.29) is 0 Å². The van der Waals surface area contributed by atoms with Gasteiger partial charge in [-0.05, 0) is 12.5 Å². The molecule has 1 aromatic heterocycles. The molecule has 1 nitrogen and oxygen atoms in total. The van der Waals surface area contributed by atoms with Gasteiger partial charge in [-0.3, -0.25) is 4.98 Å². The summed E-state index contributed by atoms with van der Waals surface area (Å²) in [5.74, 6) is 0. The molecule has 11 heavy (non-hydrogen) atoms. The Balaban J connectivity index is 0. The molecule has 0 saturated carbocycles. The number of rotatable bonds is 0.